The van der Waals surface area contributed by atoms with Crippen molar-refractivity contribution in [2.45, 2.75) is 24.8 Å². The van der Waals surface area contributed by atoms with Crippen LogP contribution in [0.15, 0.2) is 83.3 Å². The van der Waals surface area contributed by atoms with Crippen molar-refractivity contribution in [3.05, 3.63) is 89.8 Å². The van der Waals surface area contributed by atoms with Gasteiger partial charge in [-0.25, -0.2) is 0 Å². The molecule has 0 aliphatic heterocycles. The first kappa shape index (κ1) is 17.0. The van der Waals surface area contributed by atoms with E-state index in [-0.39, 0.29) is 5.54 Å². The number of para-hydroxylation sites is 1. The Kier molecular flexibility index (Phi) is 3.92. The maximum Gasteiger partial charge on any atom is 0.144 e. The molecule has 1 saturated carbocycles. The molecule has 3 N–H and O–H groups in total. The summed E-state index contributed by atoms with van der Waals surface area (Å²) in [4.78, 5) is 0. The molecule has 0 unspecified atom stereocenters. The van der Waals surface area contributed by atoms with Crippen molar-refractivity contribution in [2.24, 2.45) is 5.73 Å². The van der Waals surface area contributed by atoms with Crippen LogP contribution in [-0.2, 0) is 5.54 Å². The summed E-state index contributed by atoms with van der Waals surface area (Å²) in [5.41, 5.74) is 11.0. The predicted octanol–water partition coefficient (Wildman–Crippen LogP) is 5.58. The standard InChI is InChI=1S/C25H22N2O/c26-23-20-9-4-5-10-21(20)28-24(18-7-2-1-3-8-18)22(23)17-11-13-19(14-12-17)25(27)15-6-16-25/h1-5,7-14,26H,6,15-16,27H2. The van der Waals surface area contributed by atoms with E-state index in [1.165, 1.54) is 12.0 Å². The molecule has 3 heteroatoms. The van der Waals surface area contributed by atoms with Crippen molar-refractivity contribution in [1.29, 1.82) is 5.41 Å². The smallest absolute Gasteiger partial charge is 0.144 e. The summed E-state index contributed by atoms with van der Waals surface area (Å²) in [6.45, 7) is 0. The molecule has 0 radical (unpaired) electrons. The Morgan fingerprint density at radius 3 is 2.14 bits per heavy atom. The Morgan fingerprint density at radius 1 is 0.786 bits per heavy atom. The van der Waals surface area contributed by atoms with E-state index in [2.05, 4.69) is 24.3 Å². The number of nitrogens with two attached hydrogens (primary N) is 1. The summed E-state index contributed by atoms with van der Waals surface area (Å²) >= 11 is 0. The molecule has 0 saturated heterocycles. The van der Waals surface area contributed by atoms with Crippen LogP contribution in [0.5, 0.6) is 0 Å². The molecular weight excluding hydrogens is 344 g/mol. The maximum absolute atomic E-state index is 8.91. The molecule has 5 rings (SSSR count). The van der Waals surface area contributed by atoms with Crippen molar-refractivity contribution < 1.29 is 4.42 Å². The van der Waals surface area contributed by atoms with E-state index in [0.29, 0.717) is 5.36 Å². The molecule has 1 aromatic heterocycles. The quantitative estimate of drug-likeness (QED) is 0.497. The second-order valence-corrected chi connectivity index (χ2v) is 7.63. The maximum atomic E-state index is 8.91. The minimum atomic E-state index is -0.182. The fraction of sp³-hybridized carbons (Fsp3) is 0.160. The summed E-state index contributed by atoms with van der Waals surface area (Å²) in [7, 11) is 0. The zero-order chi connectivity index (χ0) is 19.1. The van der Waals surface area contributed by atoms with E-state index < -0.39 is 0 Å². The van der Waals surface area contributed by atoms with Crippen molar-refractivity contribution in [3.8, 4) is 22.5 Å². The molecule has 1 aliphatic rings. The average Bonchev–Trinajstić information content (AvgIpc) is 2.73. The molecular formula is C25H22N2O. The highest BCUT2D eigenvalue weighted by Crippen LogP contribution is 2.40. The summed E-state index contributed by atoms with van der Waals surface area (Å²) in [5, 5.41) is 10.2. The fourth-order valence-corrected chi connectivity index (χ4v) is 4.05. The summed E-state index contributed by atoms with van der Waals surface area (Å²) in [6, 6.07) is 26.1. The van der Waals surface area contributed by atoms with Crippen LogP contribution in [-0.4, -0.2) is 0 Å². The number of nitrogens with one attached hydrogen (secondary N) is 1. The van der Waals surface area contributed by atoms with Gasteiger partial charge in [0.05, 0.1) is 10.9 Å². The van der Waals surface area contributed by atoms with Gasteiger partial charge >= 0.3 is 0 Å². The number of hydrogen-bond acceptors (Lipinski definition) is 3. The van der Waals surface area contributed by atoms with E-state index in [4.69, 9.17) is 15.6 Å². The van der Waals surface area contributed by atoms with Crippen LogP contribution >= 0.6 is 0 Å². The molecule has 3 nitrogen and oxygen atoms in total. The Balaban J connectivity index is 1.74. The van der Waals surface area contributed by atoms with Crippen LogP contribution in [0, 0.1) is 5.41 Å². The predicted molar refractivity (Wildman–Crippen MR) is 113 cm³/mol. The van der Waals surface area contributed by atoms with Gasteiger partial charge in [-0.2, -0.15) is 0 Å². The molecule has 138 valence electrons. The molecule has 3 aromatic carbocycles. The minimum Gasteiger partial charge on any atom is -0.455 e. The zero-order valence-corrected chi connectivity index (χ0v) is 15.6. The minimum absolute atomic E-state index is 0.182. The molecule has 0 atom stereocenters. The monoisotopic (exact) mass is 366 g/mol. The second kappa shape index (κ2) is 6.47. The summed E-state index contributed by atoms with van der Waals surface area (Å²) < 4.78 is 6.30. The molecule has 1 aliphatic carbocycles. The SMILES string of the molecule is N=c1c(-c2ccc(C3(N)CCC3)cc2)c(-c2ccccc2)oc2ccccc12. The van der Waals surface area contributed by atoms with Crippen molar-refractivity contribution in [3.63, 3.8) is 0 Å². The Labute approximate surface area is 164 Å². The van der Waals surface area contributed by atoms with Crippen LogP contribution in [0.4, 0.5) is 0 Å². The van der Waals surface area contributed by atoms with Gasteiger partial charge in [-0.3, -0.25) is 5.41 Å². The Morgan fingerprint density at radius 2 is 1.46 bits per heavy atom. The van der Waals surface area contributed by atoms with Crippen LogP contribution in [0.3, 0.4) is 0 Å². The van der Waals surface area contributed by atoms with E-state index in [0.717, 1.165) is 46.3 Å². The van der Waals surface area contributed by atoms with Gasteiger partial charge in [0.25, 0.3) is 0 Å². The van der Waals surface area contributed by atoms with Gasteiger partial charge in [0, 0.05) is 16.5 Å². The van der Waals surface area contributed by atoms with Gasteiger partial charge in [0.1, 0.15) is 11.3 Å². The second-order valence-electron chi connectivity index (χ2n) is 7.63. The Bertz CT molecular complexity index is 1200. The van der Waals surface area contributed by atoms with Gasteiger partial charge in [-0.15, -0.1) is 0 Å². The summed E-state index contributed by atoms with van der Waals surface area (Å²) in [5.74, 6) is 0.725. The third-order valence-electron chi connectivity index (χ3n) is 5.88. The first-order chi connectivity index (χ1) is 13.7. The highest BCUT2D eigenvalue weighted by atomic mass is 16.3. The van der Waals surface area contributed by atoms with Gasteiger partial charge in [-0.1, -0.05) is 66.7 Å². The van der Waals surface area contributed by atoms with Gasteiger partial charge in [0.15, 0.2) is 0 Å². The molecule has 28 heavy (non-hydrogen) atoms. The lowest BCUT2D eigenvalue weighted by atomic mass is 9.72. The van der Waals surface area contributed by atoms with Crippen molar-refractivity contribution in [1.82, 2.24) is 0 Å². The average molecular weight is 366 g/mol. The molecule has 0 bridgehead atoms. The lowest BCUT2D eigenvalue weighted by Crippen LogP contribution is -2.43. The molecule has 1 heterocycles. The Hall–Kier alpha value is -3.17. The van der Waals surface area contributed by atoms with Gasteiger partial charge < -0.3 is 10.2 Å². The highest BCUT2D eigenvalue weighted by molar-refractivity contribution is 5.88. The van der Waals surface area contributed by atoms with Crippen LogP contribution in [0.2, 0.25) is 0 Å². The van der Waals surface area contributed by atoms with E-state index in [9.17, 15) is 0 Å². The third-order valence-corrected chi connectivity index (χ3v) is 5.88. The lowest BCUT2D eigenvalue weighted by Gasteiger charge is -2.38. The molecule has 4 aromatic rings. The first-order valence-electron chi connectivity index (χ1n) is 9.71. The molecule has 0 amide bonds. The van der Waals surface area contributed by atoms with Crippen LogP contribution in [0.25, 0.3) is 33.4 Å². The van der Waals surface area contributed by atoms with E-state index in [1.54, 1.807) is 0 Å². The van der Waals surface area contributed by atoms with Gasteiger partial charge in [-0.05, 0) is 42.5 Å². The number of benzene rings is 3. The number of rotatable bonds is 3. The third kappa shape index (κ3) is 2.67. The van der Waals surface area contributed by atoms with Crippen LogP contribution < -0.4 is 11.1 Å². The largest absolute Gasteiger partial charge is 0.455 e. The molecule has 0 spiro atoms. The van der Waals surface area contributed by atoms with Crippen molar-refractivity contribution in [2.75, 3.05) is 0 Å². The fourth-order valence-electron chi connectivity index (χ4n) is 4.05. The van der Waals surface area contributed by atoms with E-state index >= 15 is 0 Å². The highest BCUT2D eigenvalue weighted by Gasteiger charge is 2.34. The number of fused-ring (bicyclic) bond motifs is 1. The number of hydrogen-bond donors (Lipinski definition) is 2. The topological polar surface area (TPSA) is 63.0 Å². The lowest BCUT2D eigenvalue weighted by molar-refractivity contribution is 0.253. The van der Waals surface area contributed by atoms with E-state index in [1.807, 2.05) is 54.6 Å². The van der Waals surface area contributed by atoms with Crippen LogP contribution in [0.1, 0.15) is 24.8 Å². The zero-order valence-electron chi connectivity index (χ0n) is 15.6. The first-order valence-corrected chi connectivity index (χ1v) is 9.71. The van der Waals surface area contributed by atoms with Gasteiger partial charge in [0.2, 0.25) is 0 Å². The normalized spacial score (nSPS) is 15.3. The molecule has 1 fully saturated rings. The van der Waals surface area contributed by atoms with Crippen molar-refractivity contribution >= 4 is 11.0 Å². The summed E-state index contributed by atoms with van der Waals surface area (Å²) in [6.07, 6.45) is 3.27.